The van der Waals surface area contributed by atoms with E-state index < -0.39 is 0 Å². The minimum Gasteiger partial charge on any atom is -0.378 e. The monoisotopic (exact) mass is 359 g/mol. The molecule has 0 fully saturated rings. The molecule has 138 valence electrons. The lowest BCUT2D eigenvalue weighted by Gasteiger charge is -2.13. The molecule has 0 atom stereocenters. The minimum absolute atomic E-state index is 0.0162. The fourth-order valence-electron chi connectivity index (χ4n) is 2.91. The molecular formula is C23H25N3O. The Labute approximate surface area is 160 Å². The number of anilines is 2. The molecule has 4 heteroatoms. The third-order valence-electron chi connectivity index (χ3n) is 4.54. The number of aromatic nitrogens is 1. The van der Waals surface area contributed by atoms with E-state index in [4.69, 9.17) is 0 Å². The van der Waals surface area contributed by atoms with Crippen LogP contribution in [0.15, 0.2) is 66.9 Å². The molecule has 2 aromatic carbocycles. The van der Waals surface area contributed by atoms with Crippen molar-refractivity contribution in [2.75, 3.05) is 24.3 Å². The van der Waals surface area contributed by atoms with Crippen LogP contribution in [0.3, 0.4) is 0 Å². The predicted molar refractivity (Wildman–Crippen MR) is 112 cm³/mol. The summed E-state index contributed by atoms with van der Waals surface area (Å²) in [5.74, 6) is 0.610. The zero-order valence-electron chi connectivity index (χ0n) is 16.1. The fraction of sp³-hybridized carbons (Fsp3) is 0.217. The van der Waals surface area contributed by atoms with Crippen molar-refractivity contribution in [3.05, 3.63) is 78.0 Å². The standard InChI is InChI=1S/C23H25N3O/c1-17-15-20(19-10-12-21(13-11-19)26(2)3)16-24-23(17)25-22(27)14-9-18-7-5-4-6-8-18/h4-8,10-13,15-16H,9,14H2,1-3H3,(H,24,25,27). The van der Waals surface area contributed by atoms with E-state index in [1.165, 1.54) is 0 Å². The maximum absolute atomic E-state index is 12.2. The van der Waals surface area contributed by atoms with Gasteiger partial charge in [-0.15, -0.1) is 0 Å². The van der Waals surface area contributed by atoms with Crippen molar-refractivity contribution in [1.82, 2.24) is 4.98 Å². The van der Waals surface area contributed by atoms with Gasteiger partial charge in [-0.25, -0.2) is 4.98 Å². The number of nitrogens with zero attached hydrogens (tertiary/aromatic N) is 2. The lowest BCUT2D eigenvalue weighted by atomic mass is 10.1. The van der Waals surface area contributed by atoms with Crippen molar-refractivity contribution in [2.45, 2.75) is 19.8 Å². The molecule has 0 spiro atoms. The highest BCUT2D eigenvalue weighted by Gasteiger charge is 2.08. The van der Waals surface area contributed by atoms with Gasteiger partial charge in [0.1, 0.15) is 5.82 Å². The number of rotatable bonds is 6. The number of amides is 1. The summed E-state index contributed by atoms with van der Waals surface area (Å²) >= 11 is 0. The normalized spacial score (nSPS) is 10.5. The Morgan fingerprint density at radius 1 is 1.00 bits per heavy atom. The molecule has 3 rings (SSSR count). The molecule has 0 bridgehead atoms. The van der Waals surface area contributed by atoms with Gasteiger partial charge in [-0.05, 0) is 48.2 Å². The third kappa shape index (κ3) is 4.94. The Balaban J connectivity index is 1.64. The van der Waals surface area contributed by atoms with Gasteiger partial charge in [0.25, 0.3) is 0 Å². The van der Waals surface area contributed by atoms with Gasteiger partial charge in [0.15, 0.2) is 0 Å². The van der Waals surface area contributed by atoms with Crippen molar-refractivity contribution in [3.8, 4) is 11.1 Å². The van der Waals surface area contributed by atoms with Gasteiger partial charge in [-0.3, -0.25) is 4.79 Å². The van der Waals surface area contributed by atoms with Gasteiger partial charge in [0, 0.05) is 38.0 Å². The molecule has 0 aliphatic rings. The van der Waals surface area contributed by atoms with E-state index in [1.807, 2.05) is 57.5 Å². The van der Waals surface area contributed by atoms with Crippen LogP contribution in [-0.4, -0.2) is 25.0 Å². The van der Waals surface area contributed by atoms with Gasteiger partial charge in [-0.1, -0.05) is 42.5 Å². The van der Waals surface area contributed by atoms with Crippen LogP contribution in [0.1, 0.15) is 17.5 Å². The average Bonchev–Trinajstić information content (AvgIpc) is 2.69. The first kappa shape index (κ1) is 18.6. The molecule has 27 heavy (non-hydrogen) atoms. The van der Waals surface area contributed by atoms with Gasteiger partial charge in [-0.2, -0.15) is 0 Å². The third-order valence-corrected chi connectivity index (χ3v) is 4.54. The van der Waals surface area contributed by atoms with Crippen LogP contribution in [0.25, 0.3) is 11.1 Å². The molecule has 3 aromatic rings. The summed E-state index contributed by atoms with van der Waals surface area (Å²) in [7, 11) is 4.05. The first-order valence-electron chi connectivity index (χ1n) is 9.11. The van der Waals surface area contributed by atoms with E-state index in [0.717, 1.165) is 34.4 Å². The lowest BCUT2D eigenvalue weighted by Crippen LogP contribution is -2.14. The van der Waals surface area contributed by atoms with Crippen molar-refractivity contribution in [1.29, 1.82) is 0 Å². The largest absolute Gasteiger partial charge is 0.378 e. The number of hydrogen-bond donors (Lipinski definition) is 1. The van der Waals surface area contributed by atoms with Crippen LogP contribution in [0, 0.1) is 6.92 Å². The summed E-state index contributed by atoms with van der Waals surface area (Å²) in [5, 5.41) is 2.93. The first-order chi connectivity index (χ1) is 13.0. The number of carbonyl (C=O) groups is 1. The van der Waals surface area contributed by atoms with Crippen molar-refractivity contribution in [3.63, 3.8) is 0 Å². The maximum Gasteiger partial charge on any atom is 0.225 e. The van der Waals surface area contributed by atoms with Crippen molar-refractivity contribution in [2.24, 2.45) is 0 Å². The second-order valence-corrected chi connectivity index (χ2v) is 6.86. The summed E-state index contributed by atoms with van der Waals surface area (Å²) in [6.07, 6.45) is 2.98. The maximum atomic E-state index is 12.2. The Bertz CT molecular complexity index is 903. The van der Waals surface area contributed by atoms with Gasteiger partial charge < -0.3 is 10.2 Å². The molecule has 0 radical (unpaired) electrons. The fourth-order valence-corrected chi connectivity index (χ4v) is 2.91. The summed E-state index contributed by atoms with van der Waals surface area (Å²) in [6.45, 7) is 1.97. The Hall–Kier alpha value is -3.14. The van der Waals surface area contributed by atoms with Crippen molar-refractivity contribution >= 4 is 17.4 Å². The summed E-state index contributed by atoms with van der Waals surface area (Å²) in [4.78, 5) is 18.8. The molecule has 0 unspecified atom stereocenters. The molecule has 0 aliphatic heterocycles. The first-order valence-corrected chi connectivity index (χ1v) is 9.11. The number of nitrogens with one attached hydrogen (secondary N) is 1. The SMILES string of the molecule is Cc1cc(-c2ccc(N(C)C)cc2)cnc1NC(=O)CCc1ccccc1. The molecule has 0 aliphatic carbocycles. The van der Waals surface area contributed by atoms with Gasteiger partial charge in [0.2, 0.25) is 5.91 Å². The minimum atomic E-state index is -0.0162. The highest BCUT2D eigenvalue weighted by molar-refractivity contribution is 5.90. The Morgan fingerprint density at radius 2 is 1.70 bits per heavy atom. The van der Waals surface area contributed by atoms with Crippen LogP contribution in [0.5, 0.6) is 0 Å². The van der Waals surface area contributed by atoms with Crippen LogP contribution in [0.4, 0.5) is 11.5 Å². The Kier molecular flexibility index (Phi) is 5.87. The molecule has 1 aromatic heterocycles. The highest BCUT2D eigenvalue weighted by Crippen LogP contribution is 2.25. The van der Waals surface area contributed by atoms with E-state index in [9.17, 15) is 4.79 Å². The van der Waals surface area contributed by atoms with E-state index in [0.29, 0.717) is 12.2 Å². The molecular weight excluding hydrogens is 334 g/mol. The predicted octanol–water partition coefficient (Wildman–Crippen LogP) is 4.69. The van der Waals surface area contributed by atoms with Crippen molar-refractivity contribution < 1.29 is 4.79 Å². The molecule has 1 N–H and O–H groups in total. The van der Waals surface area contributed by atoms with Crippen LogP contribution < -0.4 is 10.2 Å². The van der Waals surface area contributed by atoms with Crippen LogP contribution in [0.2, 0.25) is 0 Å². The quantitative estimate of drug-likeness (QED) is 0.694. The lowest BCUT2D eigenvalue weighted by molar-refractivity contribution is -0.116. The summed E-state index contributed by atoms with van der Waals surface area (Å²) in [6, 6.07) is 20.4. The van der Waals surface area contributed by atoms with E-state index >= 15 is 0 Å². The number of pyridine rings is 1. The second kappa shape index (κ2) is 8.49. The van der Waals surface area contributed by atoms with E-state index in [2.05, 4.69) is 45.5 Å². The molecule has 1 heterocycles. The molecule has 0 saturated heterocycles. The molecule has 0 saturated carbocycles. The van der Waals surface area contributed by atoms with Crippen LogP contribution in [-0.2, 0) is 11.2 Å². The zero-order chi connectivity index (χ0) is 19.2. The van der Waals surface area contributed by atoms with Crippen LogP contribution >= 0.6 is 0 Å². The zero-order valence-corrected chi connectivity index (χ0v) is 16.1. The summed E-state index contributed by atoms with van der Waals surface area (Å²) < 4.78 is 0. The molecule has 4 nitrogen and oxygen atoms in total. The molecule has 1 amide bonds. The van der Waals surface area contributed by atoms with E-state index in [-0.39, 0.29) is 5.91 Å². The smallest absolute Gasteiger partial charge is 0.225 e. The number of carbonyl (C=O) groups excluding carboxylic acids is 1. The topological polar surface area (TPSA) is 45.2 Å². The second-order valence-electron chi connectivity index (χ2n) is 6.86. The number of benzene rings is 2. The number of hydrogen-bond acceptors (Lipinski definition) is 3. The summed E-state index contributed by atoms with van der Waals surface area (Å²) in [5.41, 5.74) is 5.43. The van der Waals surface area contributed by atoms with Gasteiger partial charge in [0.05, 0.1) is 0 Å². The highest BCUT2D eigenvalue weighted by atomic mass is 16.1. The number of aryl methyl sites for hydroxylation is 2. The van der Waals surface area contributed by atoms with Gasteiger partial charge >= 0.3 is 0 Å². The van der Waals surface area contributed by atoms with E-state index in [1.54, 1.807) is 0 Å². The average molecular weight is 359 g/mol. The Morgan fingerprint density at radius 3 is 2.33 bits per heavy atom.